The van der Waals surface area contributed by atoms with Gasteiger partial charge in [-0.3, -0.25) is 4.79 Å². The van der Waals surface area contributed by atoms with E-state index in [0.717, 1.165) is 0 Å². The highest BCUT2D eigenvalue weighted by molar-refractivity contribution is 5.94. The van der Waals surface area contributed by atoms with Gasteiger partial charge in [0, 0.05) is 12.0 Å². The fourth-order valence-corrected chi connectivity index (χ4v) is 2.19. The highest BCUT2D eigenvalue weighted by Crippen LogP contribution is 2.26. The lowest BCUT2D eigenvalue weighted by molar-refractivity contribution is -0.140. The number of hydrogen-bond donors (Lipinski definition) is 0. The van der Waals surface area contributed by atoms with Gasteiger partial charge in [-0.25, -0.2) is 9.69 Å². The van der Waals surface area contributed by atoms with Crippen LogP contribution in [0.15, 0.2) is 0 Å². The molecule has 0 aromatic heterocycles. The quantitative estimate of drug-likeness (QED) is 0.785. The number of hydrogen-bond acceptors (Lipinski definition) is 4. The van der Waals surface area contributed by atoms with Crippen LogP contribution in [0.4, 0.5) is 4.79 Å². The minimum atomic E-state index is -0.623. The maximum Gasteiger partial charge on any atom is 0.417 e. The smallest absolute Gasteiger partial charge is 0.417 e. The third-order valence-corrected chi connectivity index (χ3v) is 3.10. The molecule has 0 radical (unpaired) electrons. The maximum absolute atomic E-state index is 12.6. The SMILES string of the molecule is CC(C)C[C@@H]1OCC(C)(C)CN(C(=O)OC(C)(C)C)C1=O. The summed E-state index contributed by atoms with van der Waals surface area (Å²) in [6.45, 7) is 14.2. The average molecular weight is 299 g/mol. The molecule has 0 saturated carbocycles. The molecule has 5 heteroatoms. The molecular formula is C16H29NO4. The molecule has 1 heterocycles. The minimum absolute atomic E-state index is 0.279. The van der Waals surface area contributed by atoms with Crippen LogP contribution < -0.4 is 0 Å². The number of carbonyl (C=O) groups is 2. The number of carbonyl (C=O) groups excluding carboxylic acids is 2. The van der Waals surface area contributed by atoms with Crippen LogP contribution in [0.2, 0.25) is 0 Å². The van der Waals surface area contributed by atoms with Crippen LogP contribution in [-0.2, 0) is 14.3 Å². The Morgan fingerprint density at radius 2 is 2.00 bits per heavy atom. The van der Waals surface area contributed by atoms with Crippen LogP contribution in [-0.4, -0.2) is 41.8 Å². The van der Waals surface area contributed by atoms with E-state index in [0.29, 0.717) is 25.5 Å². The van der Waals surface area contributed by atoms with Gasteiger partial charge in [0.1, 0.15) is 11.7 Å². The van der Waals surface area contributed by atoms with Crippen molar-refractivity contribution in [3.63, 3.8) is 0 Å². The summed E-state index contributed by atoms with van der Waals surface area (Å²) in [5.74, 6) is 0.0316. The molecule has 1 atom stereocenters. The largest absolute Gasteiger partial charge is 0.443 e. The molecule has 1 rings (SSSR count). The lowest BCUT2D eigenvalue weighted by atomic mass is 9.94. The molecule has 0 unspecified atom stereocenters. The van der Waals surface area contributed by atoms with Crippen LogP contribution >= 0.6 is 0 Å². The molecule has 0 bridgehead atoms. The Morgan fingerprint density at radius 1 is 1.43 bits per heavy atom. The third kappa shape index (κ3) is 5.65. The van der Waals surface area contributed by atoms with Crippen molar-refractivity contribution in [1.29, 1.82) is 0 Å². The summed E-state index contributed by atoms with van der Waals surface area (Å²) in [4.78, 5) is 26.1. The lowest BCUT2D eigenvalue weighted by Crippen LogP contribution is -2.47. The van der Waals surface area contributed by atoms with E-state index in [-0.39, 0.29) is 11.3 Å². The highest BCUT2D eigenvalue weighted by atomic mass is 16.6. The van der Waals surface area contributed by atoms with E-state index >= 15 is 0 Å². The first-order chi connectivity index (χ1) is 9.41. The monoisotopic (exact) mass is 299 g/mol. The van der Waals surface area contributed by atoms with Crippen molar-refractivity contribution in [2.75, 3.05) is 13.2 Å². The van der Waals surface area contributed by atoms with Crippen molar-refractivity contribution >= 4 is 12.0 Å². The second-order valence-electron chi connectivity index (χ2n) is 8.00. The van der Waals surface area contributed by atoms with E-state index in [1.165, 1.54) is 4.90 Å². The summed E-state index contributed by atoms with van der Waals surface area (Å²) in [7, 11) is 0. The van der Waals surface area contributed by atoms with Gasteiger partial charge in [-0.05, 0) is 33.1 Å². The zero-order valence-corrected chi connectivity index (χ0v) is 14.4. The van der Waals surface area contributed by atoms with Gasteiger partial charge in [0.15, 0.2) is 0 Å². The van der Waals surface area contributed by atoms with E-state index in [9.17, 15) is 9.59 Å². The fraction of sp³-hybridized carbons (Fsp3) is 0.875. The Bertz CT molecular complexity index is 396. The topological polar surface area (TPSA) is 55.8 Å². The minimum Gasteiger partial charge on any atom is -0.443 e. The highest BCUT2D eigenvalue weighted by Gasteiger charge is 2.40. The summed E-state index contributed by atoms with van der Waals surface area (Å²) in [6.07, 6.45) is -0.548. The van der Waals surface area contributed by atoms with Crippen LogP contribution in [0.25, 0.3) is 0 Å². The Balaban J connectivity index is 2.96. The standard InChI is InChI=1S/C16H29NO4/c1-11(2)8-12-13(18)17(9-16(6,7)10-20-12)14(19)21-15(3,4)5/h11-12H,8-10H2,1-7H3/t12-/m0/s1. The van der Waals surface area contributed by atoms with Gasteiger partial charge < -0.3 is 9.47 Å². The molecule has 122 valence electrons. The molecule has 1 aliphatic rings. The van der Waals surface area contributed by atoms with Gasteiger partial charge >= 0.3 is 6.09 Å². The van der Waals surface area contributed by atoms with Gasteiger partial charge in [-0.2, -0.15) is 0 Å². The van der Waals surface area contributed by atoms with Gasteiger partial charge in [-0.15, -0.1) is 0 Å². The van der Waals surface area contributed by atoms with Crippen molar-refractivity contribution in [2.45, 2.75) is 66.6 Å². The summed E-state index contributed by atoms with van der Waals surface area (Å²) < 4.78 is 11.1. The number of imide groups is 1. The molecule has 0 spiro atoms. The lowest BCUT2D eigenvalue weighted by Gasteiger charge is -2.29. The Kier molecular flexibility index (Phi) is 5.42. The zero-order valence-electron chi connectivity index (χ0n) is 14.4. The molecule has 0 aromatic rings. The first kappa shape index (κ1) is 18.0. The van der Waals surface area contributed by atoms with Crippen LogP contribution in [0.3, 0.4) is 0 Å². The van der Waals surface area contributed by atoms with Crippen molar-refractivity contribution in [1.82, 2.24) is 4.90 Å². The molecular weight excluding hydrogens is 270 g/mol. The van der Waals surface area contributed by atoms with E-state index in [1.807, 2.05) is 27.7 Å². The molecule has 1 aliphatic heterocycles. The first-order valence-electron chi connectivity index (χ1n) is 7.57. The number of amides is 2. The summed E-state index contributed by atoms with van der Waals surface area (Å²) in [5, 5.41) is 0. The normalized spacial score (nSPS) is 23.1. The number of ether oxygens (including phenoxy) is 2. The van der Waals surface area contributed by atoms with E-state index in [4.69, 9.17) is 9.47 Å². The van der Waals surface area contributed by atoms with Crippen molar-refractivity contribution in [3.05, 3.63) is 0 Å². The molecule has 0 aromatic carbocycles. The molecule has 1 fully saturated rings. The van der Waals surface area contributed by atoms with E-state index in [2.05, 4.69) is 0 Å². The number of rotatable bonds is 2. The maximum atomic E-state index is 12.6. The van der Waals surface area contributed by atoms with Gasteiger partial charge in [0.25, 0.3) is 5.91 Å². The molecule has 21 heavy (non-hydrogen) atoms. The van der Waals surface area contributed by atoms with Crippen LogP contribution in [0.5, 0.6) is 0 Å². The summed E-state index contributed by atoms with van der Waals surface area (Å²) >= 11 is 0. The van der Waals surface area contributed by atoms with Gasteiger partial charge in [-0.1, -0.05) is 27.7 Å². The van der Waals surface area contributed by atoms with Crippen molar-refractivity contribution < 1.29 is 19.1 Å². The first-order valence-corrected chi connectivity index (χ1v) is 7.57. The third-order valence-electron chi connectivity index (χ3n) is 3.10. The van der Waals surface area contributed by atoms with Crippen molar-refractivity contribution in [3.8, 4) is 0 Å². The average Bonchev–Trinajstić information content (AvgIpc) is 2.37. The predicted molar refractivity (Wildman–Crippen MR) is 80.9 cm³/mol. The Hall–Kier alpha value is -1.10. The molecule has 1 saturated heterocycles. The second kappa shape index (κ2) is 6.34. The summed E-state index contributed by atoms with van der Waals surface area (Å²) in [6, 6.07) is 0. The Labute approximate surface area is 128 Å². The predicted octanol–water partition coefficient (Wildman–Crippen LogP) is 3.22. The van der Waals surface area contributed by atoms with Gasteiger partial charge in [0.2, 0.25) is 0 Å². The Morgan fingerprint density at radius 3 is 2.48 bits per heavy atom. The van der Waals surface area contributed by atoms with Gasteiger partial charge in [0.05, 0.1) is 6.61 Å². The van der Waals surface area contributed by atoms with Crippen molar-refractivity contribution in [2.24, 2.45) is 11.3 Å². The van der Waals surface area contributed by atoms with E-state index in [1.54, 1.807) is 20.8 Å². The van der Waals surface area contributed by atoms with E-state index < -0.39 is 17.8 Å². The van der Waals surface area contributed by atoms with Crippen LogP contribution in [0, 0.1) is 11.3 Å². The fourth-order valence-electron chi connectivity index (χ4n) is 2.19. The van der Waals surface area contributed by atoms with Crippen LogP contribution in [0.1, 0.15) is 54.9 Å². The molecule has 5 nitrogen and oxygen atoms in total. The summed E-state index contributed by atoms with van der Waals surface area (Å²) in [5.41, 5.74) is -0.902. The molecule has 2 amide bonds. The molecule has 0 N–H and O–H groups in total. The zero-order chi connectivity index (χ0) is 16.4. The second-order valence-corrected chi connectivity index (χ2v) is 8.00. The number of nitrogens with zero attached hydrogens (tertiary/aromatic N) is 1. The molecule has 0 aliphatic carbocycles.